The van der Waals surface area contributed by atoms with Crippen LogP contribution in [-0.2, 0) is 14.6 Å². The molecule has 0 bridgehead atoms. The summed E-state index contributed by atoms with van der Waals surface area (Å²) >= 11 is 0. The summed E-state index contributed by atoms with van der Waals surface area (Å²) in [4.78, 5) is 14.1. The van der Waals surface area contributed by atoms with Gasteiger partial charge in [0, 0.05) is 19.1 Å². The van der Waals surface area contributed by atoms with Crippen LogP contribution < -0.4 is 5.32 Å². The van der Waals surface area contributed by atoms with Crippen LogP contribution in [0.25, 0.3) is 0 Å². The summed E-state index contributed by atoms with van der Waals surface area (Å²) in [5.74, 6) is 0.564. The van der Waals surface area contributed by atoms with Crippen LogP contribution in [0.5, 0.6) is 0 Å². The summed E-state index contributed by atoms with van der Waals surface area (Å²) in [7, 11) is -3.20. The second kappa shape index (κ2) is 4.49. The quantitative estimate of drug-likeness (QED) is 0.716. The van der Waals surface area contributed by atoms with Gasteiger partial charge in [-0.15, -0.1) is 0 Å². The van der Waals surface area contributed by atoms with Gasteiger partial charge in [-0.05, 0) is 31.7 Å². The molecule has 3 heterocycles. The smallest absolute Gasteiger partial charge is 0.240 e. The van der Waals surface area contributed by atoms with E-state index in [0.29, 0.717) is 31.3 Å². The standard InChI is InChI=1S/C12H20N2O3S/c15-12(11-3-1-2-6-18(11,16)17)14-7-9-4-5-13-10(9)8-14/h9-11,13H,1-8H2/t9-,10+,11?/m0/s1. The molecule has 1 unspecified atom stereocenters. The normalized spacial score (nSPS) is 38.7. The topological polar surface area (TPSA) is 66.5 Å². The molecule has 3 aliphatic rings. The van der Waals surface area contributed by atoms with Gasteiger partial charge in [0.1, 0.15) is 5.25 Å². The Kier molecular flexibility index (Phi) is 3.10. The Morgan fingerprint density at radius 3 is 2.72 bits per heavy atom. The molecule has 3 fully saturated rings. The predicted octanol–water partition coefficient (Wildman–Crippen LogP) is -0.226. The molecule has 0 aliphatic carbocycles. The fourth-order valence-corrected chi connectivity index (χ4v) is 5.34. The van der Waals surface area contributed by atoms with Crippen LogP contribution in [0.4, 0.5) is 0 Å². The van der Waals surface area contributed by atoms with Gasteiger partial charge in [-0.3, -0.25) is 4.79 Å². The van der Waals surface area contributed by atoms with Gasteiger partial charge in [0.2, 0.25) is 5.91 Å². The van der Waals surface area contributed by atoms with Crippen molar-refractivity contribution in [3.8, 4) is 0 Å². The van der Waals surface area contributed by atoms with Crippen molar-refractivity contribution in [3.05, 3.63) is 0 Å². The number of nitrogens with one attached hydrogen (secondary N) is 1. The number of sulfone groups is 1. The molecular formula is C12H20N2O3S. The summed E-state index contributed by atoms with van der Waals surface area (Å²) in [6.45, 7) is 2.46. The van der Waals surface area contributed by atoms with Crippen molar-refractivity contribution in [1.82, 2.24) is 10.2 Å². The molecule has 6 heteroatoms. The molecule has 3 saturated heterocycles. The fraction of sp³-hybridized carbons (Fsp3) is 0.917. The molecule has 0 aromatic rings. The average molecular weight is 272 g/mol. The van der Waals surface area contributed by atoms with Crippen molar-refractivity contribution in [3.63, 3.8) is 0 Å². The predicted molar refractivity (Wildman–Crippen MR) is 67.9 cm³/mol. The first-order valence-electron chi connectivity index (χ1n) is 6.82. The number of likely N-dealkylation sites (tertiary alicyclic amines) is 1. The van der Waals surface area contributed by atoms with Crippen LogP contribution in [-0.4, -0.2) is 55.9 Å². The van der Waals surface area contributed by atoms with Crippen molar-refractivity contribution in [2.24, 2.45) is 5.92 Å². The summed E-state index contributed by atoms with van der Waals surface area (Å²) in [5, 5.41) is 2.62. The number of rotatable bonds is 1. The highest BCUT2D eigenvalue weighted by molar-refractivity contribution is 7.92. The largest absolute Gasteiger partial charge is 0.340 e. The number of carbonyl (C=O) groups is 1. The number of nitrogens with zero attached hydrogens (tertiary/aromatic N) is 1. The number of carbonyl (C=O) groups excluding carboxylic acids is 1. The van der Waals surface area contributed by atoms with Crippen molar-refractivity contribution < 1.29 is 13.2 Å². The molecule has 18 heavy (non-hydrogen) atoms. The van der Waals surface area contributed by atoms with Crippen LogP contribution in [0, 0.1) is 5.92 Å². The number of hydrogen-bond donors (Lipinski definition) is 1. The highest BCUT2D eigenvalue weighted by Gasteiger charge is 2.43. The van der Waals surface area contributed by atoms with E-state index in [1.807, 2.05) is 0 Å². The lowest BCUT2D eigenvalue weighted by molar-refractivity contribution is -0.130. The molecule has 102 valence electrons. The SMILES string of the molecule is O=C(C1CCCCS1(=O)=O)N1C[C@@H]2CCN[C@@H]2C1. The van der Waals surface area contributed by atoms with E-state index in [2.05, 4.69) is 5.32 Å². The minimum Gasteiger partial charge on any atom is -0.340 e. The highest BCUT2D eigenvalue weighted by Crippen LogP contribution is 2.28. The van der Waals surface area contributed by atoms with Gasteiger partial charge >= 0.3 is 0 Å². The first kappa shape index (κ1) is 12.4. The van der Waals surface area contributed by atoms with Gasteiger partial charge in [0.25, 0.3) is 0 Å². The zero-order chi connectivity index (χ0) is 12.8. The second-order valence-electron chi connectivity index (χ2n) is 5.70. The zero-order valence-corrected chi connectivity index (χ0v) is 11.3. The zero-order valence-electron chi connectivity index (χ0n) is 10.5. The van der Waals surface area contributed by atoms with Crippen LogP contribution in [0.3, 0.4) is 0 Å². The lowest BCUT2D eigenvalue weighted by Crippen LogP contribution is -2.45. The number of fused-ring (bicyclic) bond motifs is 1. The van der Waals surface area contributed by atoms with Gasteiger partial charge in [0.05, 0.1) is 5.75 Å². The summed E-state index contributed by atoms with van der Waals surface area (Å²) in [6, 6.07) is 0.389. The van der Waals surface area contributed by atoms with Crippen molar-refractivity contribution in [2.75, 3.05) is 25.4 Å². The van der Waals surface area contributed by atoms with E-state index < -0.39 is 15.1 Å². The third-order valence-corrected chi connectivity index (χ3v) is 6.69. The summed E-state index contributed by atoms with van der Waals surface area (Å²) in [5.41, 5.74) is 0. The Morgan fingerprint density at radius 2 is 2.00 bits per heavy atom. The molecule has 5 nitrogen and oxygen atoms in total. The van der Waals surface area contributed by atoms with Gasteiger partial charge in [-0.1, -0.05) is 6.42 Å². The summed E-state index contributed by atoms with van der Waals surface area (Å²) < 4.78 is 23.9. The Morgan fingerprint density at radius 1 is 1.17 bits per heavy atom. The molecule has 3 aliphatic heterocycles. The molecule has 1 N–H and O–H groups in total. The maximum Gasteiger partial charge on any atom is 0.240 e. The van der Waals surface area contributed by atoms with Crippen molar-refractivity contribution in [2.45, 2.75) is 37.0 Å². The molecule has 3 atom stereocenters. The fourth-order valence-electron chi connectivity index (χ4n) is 3.46. The third-order valence-electron chi connectivity index (χ3n) is 4.53. The average Bonchev–Trinajstić information content (AvgIpc) is 2.87. The summed E-state index contributed by atoms with van der Waals surface area (Å²) in [6.07, 6.45) is 3.18. The molecule has 1 amide bonds. The molecular weight excluding hydrogens is 252 g/mol. The van der Waals surface area contributed by atoms with Gasteiger partial charge in [-0.25, -0.2) is 8.42 Å². The van der Waals surface area contributed by atoms with Crippen LogP contribution in [0.15, 0.2) is 0 Å². The van der Waals surface area contributed by atoms with E-state index in [1.165, 1.54) is 0 Å². The van der Waals surface area contributed by atoms with E-state index >= 15 is 0 Å². The highest BCUT2D eigenvalue weighted by atomic mass is 32.2. The van der Waals surface area contributed by atoms with E-state index in [-0.39, 0.29) is 11.7 Å². The molecule has 0 radical (unpaired) electrons. The monoisotopic (exact) mass is 272 g/mol. The Balaban J connectivity index is 1.71. The van der Waals surface area contributed by atoms with E-state index in [1.54, 1.807) is 4.90 Å². The molecule has 3 rings (SSSR count). The second-order valence-corrected chi connectivity index (χ2v) is 8.01. The number of amides is 1. The molecule has 0 spiro atoms. The maximum atomic E-state index is 12.4. The first-order valence-corrected chi connectivity index (χ1v) is 8.53. The van der Waals surface area contributed by atoms with Gasteiger partial charge in [0.15, 0.2) is 9.84 Å². The minimum absolute atomic E-state index is 0.147. The van der Waals surface area contributed by atoms with Crippen LogP contribution in [0.1, 0.15) is 25.7 Å². The third kappa shape index (κ3) is 2.05. The lowest BCUT2D eigenvalue weighted by Gasteiger charge is -2.26. The number of hydrogen-bond acceptors (Lipinski definition) is 4. The maximum absolute atomic E-state index is 12.4. The Bertz CT molecular complexity index is 436. The van der Waals surface area contributed by atoms with Crippen molar-refractivity contribution >= 4 is 15.7 Å². The van der Waals surface area contributed by atoms with E-state index in [4.69, 9.17) is 0 Å². The lowest BCUT2D eigenvalue weighted by atomic mass is 10.1. The van der Waals surface area contributed by atoms with Gasteiger partial charge in [-0.2, -0.15) is 0 Å². The Hall–Kier alpha value is -0.620. The minimum atomic E-state index is -3.20. The first-order chi connectivity index (χ1) is 8.58. The Labute approximate surface area is 108 Å². The van der Waals surface area contributed by atoms with Crippen LogP contribution >= 0.6 is 0 Å². The van der Waals surface area contributed by atoms with Crippen LogP contribution in [0.2, 0.25) is 0 Å². The van der Waals surface area contributed by atoms with E-state index in [0.717, 1.165) is 25.9 Å². The molecule has 0 aromatic carbocycles. The molecule has 0 saturated carbocycles. The molecule has 0 aromatic heterocycles. The van der Waals surface area contributed by atoms with E-state index in [9.17, 15) is 13.2 Å². The van der Waals surface area contributed by atoms with Gasteiger partial charge < -0.3 is 10.2 Å². The van der Waals surface area contributed by atoms with Crippen molar-refractivity contribution in [1.29, 1.82) is 0 Å².